The third-order valence-corrected chi connectivity index (χ3v) is 3.59. The first-order valence-electron chi connectivity index (χ1n) is 6.96. The minimum atomic E-state index is -0.489. The van der Waals surface area contributed by atoms with E-state index in [4.69, 9.17) is 11.6 Å². The Morgan fingerprint density at radius 2 is 1.79 bits per heavy atom. The first-order valence-corrected chi connectivity index (χ1v) is 7.33. The Morgan fingerprint density at radius 3 is 2.32 bits per heavy atom. The quantitative estimate of drug-likeness (QED) is 0.770. The third kappa shape index (κ3) is 5.91. The molecule has 0 saturated carbocycles. The van der Waals surface area contributed by atoms with E-state index in [0.29, 0.717) is 17.6 Å². The summed E-state index contributed by atoms with van der Waals surface area (Å²) in [5.74, 6) is 0. The Bertz CT molecular complexity index is 352. The van der Waals surface area contributed by atoms with Crippen LogP contribution >= 0.6 is 11.6 Å². The largest absolute Gasteiger partial charge is 0.387 e. The Balaban J connectivity index is 2.37. The highest BCUT2D eigenvalue weighted by Crippen LogP contribution is 2.15. The number of nitrogens with one attached hydrogen (secondary N) is 1. The summed E-state index contributed by atoms with van der Waals surface area (Å²) in [6.45, 7) is 10.2. The molecule has 0 amide bonds. The number of likely N-dealkylation sites (N-methyl/N-ethyl adjacent to an activating group) is 1. The van der Waals surface area contributed by atoms with E-state index in [1.807, 2.05) is 12.1 Å². The van der Waals surface area contributed by atoms with E-state index in [2.05, 4.69) is 31.0 Å². The van der Waals surface area contributed by atoms with Gasteiger partial charge < -0.3 is 15.3 Å². The summed E-state index contributed by atoms with van der Waals surface area (Å²) in [7, 11) is 0. The number of hydrogen-bond donors (Lipinski definition) is 2. The molecule has 0 fully saturated rings. The summed E-state index contributed by atoms with van der Waals surface area (Å²) >= 11 is 5.83. The van der Waals surface area contributed by atoms with E-state index in [0.717, 1.165) is 25.2 Å². The maximum atomic E-state index is 10.1. The fourth-order valence-electron chi connectivity index (χ4n) is 2.05. The fraction of sp³-hybridized carbons (Fsp3) is 0.600. The van der Waals surface area contributed by atoms with E-state index in [-0.39, 0.29) is 0 Å². The van der Waals surface area contributed by atoms with Gasteiger partial charge in [0.2, 0.25) is 0 Å². The van der Waals surface area contributed by atoms with Crippen molar-refractivity contribution in [2.24, 2.45) is 0 Å². The molecule has 0 aliphatic carbocycles. The van der Waals surface area contributed by atoms with Gasteiger partial charge in [-0.15, -0.1) is 0 Å². The molecule has 108 valence electrons. The van der Waals surface area contributed by atoms with Gasteiger partial charge >= 0.3 is 0 Å². The van der Waals surface area contributed by atoms with Crippen LogP contribution in [0.15, 0.2) is 24.3 Å². The summed E-state index contributed by atoms with van der Waals surface area (Å²) in [4.78, 5) is 2.37. The van der Waals surface area contributed by atoms with Crippen molar-refractivity contribution >= 4 is 11.6 Å². The van der Waals surface area contributed by atoms with E-state index in [1.54, 1.807) is 12.1 Å². The second kappa shape index (κ2) is 8.54. The highest BCUT2D eigenvalue weighted by Gasteiger charge is 2.11. The van der Waals surface area contributed by atoms with Gasteiger partial charge in [-0.1, -0.05) is 37.6 Å². The van der Waals surface area contributed by atoms with E-state index < -0.39 is 6.10 Å². The summed E-state index contributed by atoms with van der Waals surface area (Å²) in [6, 6.07) is 7.70. The van der Waals surface area contributed by atoms with Crippen molar-refractivity contribution in [3.05, 3.63) is 34.9 Å². The molecular formula is C15H25ClN2O. The Morgan fingerprint density at radius 1 is 1.21 bits per heavy atom. The zero-order valence-corrected chi connectivity index (χ0v) is 12.8. The van der Waals surface area contributed by atoms with Crippen molar-refractivity contribution in [3.63, 3.8) is 0 Å². The number of aliphatic hydroxyl groups excluding tert-OH is 1. The van der Waals surface area contributed by atoms with Gasteiger partial charge in [-0.05, 0) is 37.7 Å². The lowest BCUT2D eigenvalue weighted by molar-refractivity contribution is 0.165. The molecule has 1 rings (SSSR count). The second-order valence-electron chi connectivity index (χ2n) is 4.86. The molecule has 0 bridgehead atoms. The normalized spacial score (nSPS) is 14.6. The Kier molecular flexibility index (Phi) is 7.39. The molecule has 0 radical (unpaired) electrons. The molecule has 2 N–H and O–H groups in total. The number of rotatable bonds is 8. The van der Waals surface area contributed by atoms with Crippen molar-refractivity contribution < 1.29 is 5.11 Å². The fourth-order valence-corrected chi connectivity index (χ4v) is 2.18. The van der Waals surface area contributed by atoms with E-state index in [9.17, 15) is 5.11 Å². The standard InChI is InChI=1S/C15H25ClN2O/c1-4-18(5-2)11-12(3)17-10-15(19)13-6-8-14(16)9-7-13/h6-9,12,15,17,19H,4-5,10-11H2,1-3H3. The molecule has 0 heterocycles. The van der Waals surface area contributed by atoms with Crippen molar-refractivity contribution in [2.45, 2.75) is 32.9 Å². The summed E-state index contributed by atoms with van der Waals surface area (Å²) in [5, 5.41) is 14.2. The van der Waals surface area contributed by atoms with Crippen LogP contribution in [0.25, 0.3) is 0 Å². The second-order valence-corrected chi connectivity index (χ2v) is 5.30. The topological polar surface area (TPSA) is 35.5 Å². The van der Waals surface area contributed by atoms with Gasteiger partial charge in [0.05, 0.1) is 6.10 Å². The van der Waals surface area contributed by atoms with Crippen LogP contribution in [0.4, 0.5) is 0 Å². The summed E-state index contributed by atoms with van der Waals surface area (Å²) in [5.41, 5.74) is 0.895. The lowest BCUT2D eigenvalue weighted by Gasteiger charge is -2.24. The molecule has 0 aliphatic heterocycles. The van der Waals surface area contributed by atoms with Gasteiger partial charge in [-0.3, -0.25) is 0 Å². The van der Waals surface area contributed by atoms with Crippen LogP contribution in [0.2, 0.25) is 5.02 Å². The van der Waals surface area contributed by atoms with Gasteiger partial charge in [0.25, 0.3) is 0 Å². The van der Waals surface area contributed by atoms with Crippen molar-refractivity contribution in [2.75, 3.05) is 26.2 Å². The number of hydrogen-bond acceptors (Lipinski definition) is 3. The van der Waals surface area contributed by atoms with E-state index in [1.165, 1.54) is 0 Å². The first-order chi connectivity index (χ1) is 9.06. The monoisotopic (exact) mass is 284 g/mol. The minimum absolute atomic E-state index is 0.363. The molecule has 1 aromatic rings. The highest BCUT2D eigenvalue weighted by molar-refractivity contribution is 6.30. The number of halogens is 1. The van der Waals surface area contributed by atoms with Crippen LogP contribution < -0.4 is 5.32 Å². The molecule has 1 aromatic carbocycles. The van der Waals surface area contributed by atoms with E-state index >= 15 is 0 Å². The van der Waals surface area contributed by atoms with Gasteiger partial charge in [0.15, 0.2) is 0 Å². The zero-order chi connectivity index (χ0) is 14.3. The van der Waals surface area contributed by atoms with Crippen LogP contribution in [-0.4, -0.2) is 42.2 Å². The predicted octanol–water partition coefficient (Wildman–Crippen LogP) is 2.69. The molecular weight excluding hydrogens is 260 g/mol. The lowest BCUT2D eigenvalue weighted by atomic mass is 10.1. The molecule has 0 saturated heterocycles. The van der Waals surface area contributed by atoms with Gasteiger partial charge in [-0.25, -0.2) is 0 Å². The van der Waals surface area contributed by atoms with Crippen molar-refractivity contribution in [1.29, 1.82) is 0 Å². The van der Waals surface area contributed by atoms with Crippen LogP contribution in [0.3, 0.4) is 0 Å². The van der Waals surface area contributed by atoms with Crippen molar-refractivity contribution in [3.8, 4) is 0 Å². The SMILES string of the molecule is CCN(CC)CC(C)NCC(O)c1ccc(Cl)cc1. The molecule has 2 atom stereocenters. The number of aliphatic hydroxyl groups is 1. The first kappa shape index (κ1) is 16.4. The number of benzene rings is 1. The molecule has 0 aliphatic rings. The Labute approximate surface area is 121 Å². The zero-order valence-electron chi connectivity index (χ0n) is 12.1. The summed E-state index contributed by atoms with van der Waals surface area (Å²) in [6.07, 6.45) is -0.489. The van der Waals surface area contributed by atoms with Gasteiger partial charge in [0, 0.05) is 24.2 Å². The molecule has 19 heavy (non-hydrogen) atoms. The maximum Gasteiger partial charge on any atom is 0.0914 e. The Hall–Kier alpha value is -0.610. The van der Waals surface area contributed by atoms with Crippen LogP contribution in [0, 0.1) is 0 Å². The minimum Gasteiger partial charge on any atom is -0.387 e. The number of nitrogens with zero attached hydrogens (tertiary/aromatic N) is 1. The predicted molar refractivity (Wildman–Crippen MR) is 81.7 cm³/mol. The van der Waals surface area contributed by atoms with Crippen molar-refractivity contribution in [1.82, 2.24) is 10.2 Å². The molecule has 2 unspecified atom stereocenters. The summed E-state index contributed by atoms with van der Waals surface area (Å²) < 4.78 is 0. The average molecular weight is 285 g/mol. The third-order valence-electron chi connectivity index (χ3n) is 3.34. The molecule has 0 spiro atoms. The average Bonchev–Trinajstić information content (AvgIpc) is 2.43. The van der Waals surface area contributed by atoms with Crippen LogP contribution in [0.1, 0.15) is 32.4 Å². The van der Waals surface area contributed by atoms with Crippen LogP contribution in [0.5, 0.6) is 0 Å². The van der Waals surface area contributed by atoms with Gasteiger partial charge in [-0.2, -0.15) is 0 Å². The lowest BCUT2D eigenvalue weighted by Crippen LogP contribution is -2.40. The van der Waals surface area contributed by atoms with Crippen LogP contribution in [-0.2, 0) is 0 Å². The maximum absolute atomic E-state index is 10.1. The smallest absolute Gasteiger partial charge is 0.0914 e. The highest BCUT2D eigenvalue weighted by atomic mass is 35.5. The molecule has 0 aromatic heterocycles. The molecule has 3 nitrogen and oxygen atoms in total. The molecule has 4 heteroatoms. The van der Waals surface area contributed by atoms with Gasteiger partial charge in [0.1, 0.15) is 0 Å².